The number of methoxy groups -OCH3 is 3. The number of furan rings is 1. The number of carbonyl (C=O) groups is 2. The standard InChI is InChI=1S/C33H37N5O8/c1-17(2)29(33(41)34-16-27-37-32(38-46-27)25-8-7-13-45-25)36-23-12-10-20-21(15-24(23)40)22(35-18(3)39)11-9-19-14-26(42-4)30(43-5)31(44-6)28(19)20/h7-8,10,12-15,17,22,29H,9,11,16H2,1-6H3,(H,34,41)(H,35,39)(H,36,40)/t22-,29-/m0/s1. The van der Waals surface area contributed by atoms with Gasteiger partial charge in [0.05, 0.1) is 45.9 Å². The van der Waals surface area contributed by atoms with E-state index < -0.39 is 12.1 Å². The Balaban J connectivity index is 1.50. The lowest BCUT2D eigenvalue weighted by Gasteiger charge is -2.21. The smallest absolute Gasteiger partial charge is 0.246 e. The van der Waals surface area contributed by atoms with Crippen LogP contribution in [0, 0.1) is 5.92 Å². The molecule has 242 valence electrons. The Labute approximate surface area is 265 Å². The highest BCUT2D eigenvalue weighted by Gasteiger charge is 2.30. The van der Waals surface area contributed by atoms with E-state index in [9.17, 15) is 14.4 Å². The number of nitrogens with zero attached hydrogens (tertiary/aromatic N) is 2. The van der Waals surface area contributed by atoms with Crippen molar-refractivity contribution in [3.63, 3.8) is 0 Å². The van der Waals surface area contributed by atoms with Gasteiger partial charge in [0.2, 0.25) is 34.7 Å². The van der Waals surface area contributed by atoms with Gasteiger partial charge in [0, 0.05) is 12.5 Å². The van der Waals surface area contributed by atoms with E-state index in [1.165, 1.54) is 26.4 Å². The van der Waals surface area contributed by atoms with Gasteiger partial charge < -0.3 is 39.1 Å². The van der Waals surface area contributed by atoms with Crippen molar-refractivity contribution in [3.05, 3.63) is 69.9 Å². The molecule has 2 aromatic carbocycles. The van der Waals surface area contributed by atoms with Crippen LogP contribution in [0.15, 0.2) is 56.4 Å². The third-order valence-electron chi connectivity index (χ3n) is 7.80. The van der Waals surface area contributed by atoms with Crippen LogP contribution in [0.5, 0.6) is 17.2 Å². The molecule has 0 bridgehead atoms. The van der Waals surface area contributed by atoms with Gasteiger partial charge in [0.1, 0.15) is 6.04 Å². The molecular weight excluding hydrogens is 594 g/mol. The lowest BCUT2D eigenvalue weighted by Crippen LogP contribution is -2.43. The Morgan fingerprint density at radius 2 is 1.85 bits per heavy atom. The van der Waals surface area contributed by atoms with Crippen LogP contribution in [0.4, 0.5) is 5.69 Å². The normalized spacial score (nSPS) is 14.4. The highest BCUT2D eigenvalue weighted by atomic mass is 16.5. The molecule has 1 aliphatic carbocycles. The SMILES string of the molecule is COc1cc2c(c(OC)c1OC)-c1ccc(N[C@H](C(=O)NCc3nc(-c4ccco4)no3)C(C)C)c(=O)cc1[C@@H](NC(C)=O)CC2. The Morgan fingerprint density at radius 3 is 2.50 bits per heavy atom. The first-order valence-electron chi connectivity index (χ1n) is 14.8. The fraction of sp³-hybridized carbons (Fsp3) is 0.364. The summed E-state index contributed by atoms with van der Waals surface area (Å²) in [5.41, 5.74) is 2.80. The zero-order valence-corrected chi connectivity index (χ0v) is 26.6. The second-order valence-electron chi connectivity index (χ2n) is 11.2. The van der Waals surface area contributed by atoms with Crippen molar-refractivity contribution in [3.8, 4) is 40.0 Å². The molecular formula is C33H37N5O8. The van der Waals surface area contributed by atoms with Crippen LogP contribution in [0.2, 0.25) is 0 Å². The molecule has 0 unspecified atom stereocenters. The third-order valence-corrected chi connectivity index (χ3v) is 7.80. The topological polar surface area (TPSA) is 167 Å². The van der Waals surface area contributed by atoms with Crippen LogP contribution in [0.25, 0.3) is 22.7 Å². The maximum Gasteiger partial charge on any atom is 0.246 e. The number of hydrogen-bond donors (Lipinski definition) is 3. The Kier molecular flexibility index (Phi) is 9.59. The quantitative estimate of drug-likeness (QED) is 0.216. The number of fused-ring (bicyclic) bond motifs is 3. The van der Waals surface area contributed by atoms with E-state index in [1.54, 1.807) is 38.5 Å². The summed E-state index contributed by atoms with van der Waals surface area (Å²) in [5.74, 6) is 1.49. The minimum atomic E-state index is -0.778. The first-order chi connectivity index (χ1) is 22.1. The molecule has 0 saturated heterocycles. The minimum absolute atomic E-state index is 0.0151. The van der Waals surface area contributed by atoms with E-state index >= 15 is 0 Å². The maximum absolute atomic E-state index is 13.8. The average Bonchev–Trinajstić information content (AvgIpc) is 3.69. The molecule has 0 aliphatic heterocycles. The predicted molar refractivity (Wildman–Crippen MR) is 169 cm³/mol. The van der Waals surface area contributed by atoms with Crippen molar-refractivity contribution in [2.75, 3.05) is 26.6 Å². The molecule has 13 heteroatoms. The number of carbonyl (C=O) groups excluding carboxylic acids is 2. The molecule has 4 aromatic rings. The lowest BCUT2D eigenvalue weighted by atomic mass is 9.95. The van der Waals surface area contributed by atoms with Crippen molar-refractivity contribution >= 4 is 17.5 Å². The number of hydrogen-bond acceptors (Lipinski definition) is 11. The number of anilines is 1. The van der Waals surface area contributed by atoms with Crippen molar-refractivity contribution in [1.82, 2.24) is 20.8 Å². The number of rotatable bonds is 11. The molecule has 5 rings (SSSR count). The van der Waals surface area contributed by atoms with Gasteiger partial charge >= 0.3 is 0 Å². The van der Waals surface area contributed by atoms with Crippen LogP contribution in [0.1, 0.15) is 50.3 Å². The van der Waals surface area contributed by atoms with Gasteiger partial charge in [0.25, 0.3) is 0 Å². The van der Waals surface area contributed by atoms with Crippen LogP contribution in [-0.4, -0.2) is 49.3 Å². The molecule has 0 radical (unpaired) electrons. The number of amides is 2. The molecule has 0 saturated carbocycles. The highest BCUT2D eigenvalue weighted by Crippen LogP contribution is 2.50. The van der Waals surface area contributed by atoms with Gasteiger partial charge in [-0.15, -0.1) is 0 Å². The number of nitrogens with one attached hydrogen (secondary N) is 3. The molecule has 2 amide bonds. The van der Waals surface area contributed by atoms with Gasteiger partial charge in [-0.2, -0.15) is 4.98 Å². The number of benzene rings is 1. The molecule has 2 heterocycles. The van der Waals surface area contributed by atoms with Crippen LogP contribution in [-0.2, 0) is 22.6 Å². The zero-order valence-electron chi connectivity index (χ0n) is 26.6. The number of aryl methyl sites for hydroxylation is 1. The van der Waals surface area contributed by atoms with Crippen LogP contribution in [0.3, 0.4) is 0 Å². The van der Waals surface area contributed by atoms with Crippen LogP contribution >= 0.6 is 0 Å². The van der Waals surface area contributed by atoms with Gasteiger partial charge in [-0.25, -0.2) is 0 Å². The van der Waals surface area contributed by atoms with E-state index in [-0.39, 0.29) is 47.1 Å². The van der Waals surface area contributed by atoms with Gasteiger partial charge in [-0.3, -0.25) is 14.4 Å². The lowest BCUT2D eigenvalue weighted by molar-refractivity contribution is -0.123. The molecule has 0 fully saturated rings. The first kappa shape index (κ1) is 32.1. The maximum atomic E-state index is 13.8. The predicted octanol–water partition coefficient (Wildman–Crippen LogP) is 4.26. The first-order valence-corrected chi connectivity index (χ1v) is 14.8. The van der Waals surface area contributed by atoms with Gasteiger partial charge in [-0.05, 0) is 65.8 Å². The Hall–Kier alpha value is -5.33. The van der Waals surface area contributed by atoms with E-state index in [0.29, 0.717) is 47.0 Å². The summed E-state index contributed by atoms with van der Waals surface area (Å²) in [7, 11) is 4.62. The summed E-state index contributed by atoms with van der Waals surface area (Å²) in [4.78, 5) is 43.6. The Morgan fingerprint density at radius 1 is 1.07 bits per heavy atom. The van der Waals surface area contributed by atoms with Gasteiger partial charge in [0.15, 0.2) is 17.3 Å². The van der Waals surface area contributed by atoms with E-state index in [4.69, 9.17) is 23.2 Å². The van der Waals surface area contributed by atoms with Gasteiger partial charge in [-0.1, -0.05) is 25.1 Å². The summed E-state index contributed by atoms with van der Waals surface area (Å²) in [6.07, 6.45) is 2.60. The average molecular weight is 632 g/mol. The van der Waals surface area contributed by atoms with Crippen molar-refractivity contribution < 1.29 is 32.7 Å². The van der Waals surface area contributed by atoms with Crippen LogP contribution < -0.4 is 35.6 Å². The van der Waals surface area contributed by atoms with Crippen molar-refractivity contribution in [2.24, 2.45) is 5.92 Å². The van der Waals surface area contributed by atoms with E-state index in [0.717, 1.165) is 11.1 Å². The number of ether oxygens (including phenoxy) is 3. The largest absolute Gasteiger partial charge is 0.493 e. The molecule has 2 atom stereocenters. The minimum Gasteiger partial charge on any atom is -0.493 e. The Bertz CT molecular complexity index is 1780. The molecule has 0 spiro atoms. The third kappa shape index (κ3) is 6.53. The fourth-order valence-corrected chi connectivity index (χ4v) is 5.63. The molecule has 46 heavy (non-hydrogen) atoms. The zero-order chi connectivity index (χ0) is 33.0. The highest BCUT2D eigenvalue weighted by molar-refractivity contribution is 5.86. The van der Waals surface area contributed by atoms with E-state index in [2.05, 4.69) is 26.1 Å². The molecule has 13 nitrogen and oxygen atoms in total. The fourth-order valence-electron chi connectivity index (χ4n) is 5.63. The summed E-state index contributed by atoms with van der Waals surface area (Å²) in [6, 6.07) is 9.02. The molecule has 3 N–H and O–H groups in total. The molecule has 1 aliphatic rings. The number of aromatic nitrogens is 2. The second-order valence-corrected chi connectivity index (χ2v) is 11.2. The van der Waals surface area contributed by atoms with Crippen molar-refractivity contribution in [2.45, 2.75) is 52.2 Å². The van der Waals surface area contributed by atoms with E-state index in [1.807, 2.05) is 19.9 Å². The van der Waals surface area contributed by atoms with Crippen molar-refractivity contribution in [1.29, 1.82) is 0 Å². The summed E-state index contributed by atoms with van der Waals surface area (Å²) in [5, 5.41) is 12.8. The second kappa shape index (κ2) is 13.8. The summed E-state index contributed by atoms with van der Waals surface area (Å²) >= 11 is 0. The molecule has 2 aromatic heterocycles. The summed E-state index contributed by atoms with van der Waals surface area (Å²) < 4.78 is 27.6. The summed E-state index contributed by atoms with van der Waals surface area (Å²) in [6.45, 7) is 5.17. The monoisotopic (exact) mass is 631 g/mol.